The summed E-state index contributed by atoms with van der Waals surface area (Å²) in [7, 11) is 0. The Balaban J connectivity index is 0.925. The number of benzene rings is 4. The number of aromatic nitrogens is 2. The van der Waals surface area contributed by atoms with Gasteiger partial charge in [0, 0.05) is 70.3 Å². The Kier molecular flexibility index (Phi) is 8.39. The zero-order chi connectivity index (χ0) is 35.1. The number of rotatable bonds is 11. The summed E-state index contributed by atoms with van der Waals surface area (Å²) < 4.78 is 0. The van der Waals surface area contributed by atoms with E-state index in [0.29, 0.717) is 95.1 Å². The zero-order valence-corrected chi connectivity index (χ0v) is 27.7. The number of ketones is 2. The van der Waals surface area contributed by atoms with Crippen LogP contribution in [0.4, 0.5) is 0 Å². The standard InChI is InChI=1S/C41H34N6O4/c42-16-7-19-47(20-17-43-40(50)30-14-5-8-24-22-32-36(45-34(24)30)26-10-1-3-12-28(26)38(32)48)21-18-44-41(51)31-15-6-9-25-23-33-37(46-35(25)31)27-11-2-4-13-29(27)39(33)49/h1-6,8-15,22-23H,7,16-21,42H2,(H,43,50)(H,44,51). The van der Waals surface area contributed by atoms with Crippen molar-refractivity contribution in [2.75, 3.05) is 39.3 Å². The van der Waals surface area contributed by atoms with Gasteiger partial charge in [0.25, 0.3) is 11.8 Å². The number of nitrogens with zero attached hydrogens (tertiary/aromatic N) is 3. The smallest absolute Gasteiger partial charge is 0.253 e. The Hall–Kier alpha value is -6.10. The van der Waals surface area contributed by atoms with Crippen LogP contribution >= 0.6 is 0 Å². The molecule has 2 aromatic heterocycles. The van der Waals surface area contributed by atoms with Gasteiger partial charge in [0.1, 0.15) is 0 Å². The Morgan fingerprint density at radius 2 is 1.02 bits per heavy atom. The summed E-state index contributed by atoms with van der Waals surface area (Å²) in [5.74, 6) is -0.618. The van der Waals surface area contributed by atoms with Gasteiger partial charge in [-0.1, -0.05) is 72.8 Å². The molecule has 0 bridgehead atoms. The van der Waals surface area contributed by atoms with E-state index in [9.17, 15) is 19.2 Å². The van der Waals surface area contributed by atoms with Crippen molar-refractivity contribution in [3.63, 3.8) is 0 Å². The molecule has 252 valence electrons. The van der Waals surface area contributed by atoms with Crippen LogP contribution in [-0.2, 0) is 0 Å². The summed E-state index contributed by atoms with van der Waals surface area (Å²) in [4.78, 5) is 64.7. The van der Waals surface area contributed by atoms with E-state index in [-0.39, 0.29) is 23.4 Å². The molecule has 0 saturated carbocycles. The number of hydrogen-bond donors (Lipinski definition) is 3. The average molecular weight is 675 g/mol. The molecule has 0 saturated heterocycles. The Bertz CT molecular complexity index is 2260. The van der Waals surface area contributed by atoms with E-state index in [1.165, 1.54) is 0 Å². The molecule has 2 aliphatic rings. The maximum atomic E-state index is 13.5. The van der Waals surface area contributed by atoms with Crippen LogP contribution in [0.15, 0.2) is 97.1 Å². The van der Waals surface area contributed by atoms with Crippen LogP contribution < -0.4 is 16.4 Å². The molecule has 2 amide bonds. The monoisotopic (exact) mass is 674 g/mol. The van der Waals surface area contributed by atoms with Gasteiger partial charge in [0.05, 0.1) is 33.5 Å². The number of carbonyl (C=O) groups excluding carboxylic acids is 4. The summed E-state index contributed by atoms with van der Waals surface area (Å²) in [6, 6.07) is 29.2. The van der Waals surface area contributed by atoms with E-state index in [1.807, 2.05) is 60.7 Å². The van der Waals surface area contributed by atoms with E-state index in [4.69, 9.17) is 15.7 Å². The van der Waals surface area contributed by atoms with Gasteiger partial charge in [0.15, 0.2) is 11.6 Å². The molecule has 0 atom stereocenters. The molecule has 51 heavy (non-hydrogen) atoms. The van der Waals surface area contributed by atoms with Gasteiger partial charge in [-0.05, 0) is 43.8 Å². The first-order valence-corrected chi connectivity index (χ1v) is 17.1. The first kappa shape index (κ1) is 32.1. The van der Waals surface area contributed by atoms with Gasteiger partial charge >= 0.3 is 0 Å². The third-order valence-corrected chi connectivity index (χ3v) is 9.63. The fourth-order valence-corrected chi connectivity index (χ4v) is 7.08. The molecule has 2 aliphatic carbocycles. The van der Waals surface area contributed by atoms with Crippen LogP contribution in [0.25, 0.3) is 44.3 Å². The molecule has 4 N–H and O–H groups in total. The van der Waals surface area contributed by atoms with Crippen molar-refractivity contribution >= 4 is 45.2 Å². The lowest BCUT2D eigenvalue weighted by atomic mass is 10.0. The largest absolute Gasteiger partial charge is 0.351 e. The first-order valence-electron chi connectivity index (χ1n) is 17.1. The van der Waals surface area contributed by atoms with E-state index in [0.717, 1.165) is 28.3 Å². The lowest BCUT2D eigenvalue weighted by Gasteiger charge is -2.22. The third kappa shape index (κ3) is 5.74. The number of pyridine rings is 2. The minimum atomic E-state index is -0.253. The highest BCUT2D eigenvalue weighted by Crippen LogP contribution is 2.38. The van der Waals surface area contributed by atoms with Crippen molar-refractivity contribution in [2.24, 2.45) is 5.73 Å². The number of para-hydroxylation sites is 2. The van der Waals surface area contributed by atoms with Crippen molar-refractivity contribution in [2.45, 2.75) is 6.42 Å². The Morgan fingerprint density at radius 3 is 1.47 bits per heavy atom. The molecule has 10 nitrogen and oxygen atoms in total. The van der Waals surface area contributed by atoms with Gasteiger partial charge in [-0.15, -0.1) is 0 Å². The van der Waals surface area contributed by atoms with Crippen molar-refractivity contribution in [3.8, 4) is 22.5 Å². The number of carbonyl (C=O) groups is 4. The molecule has 0 unspecified atom stereocenters. The number of hydrogen-bond acceptors (Lipinski definition) is 8. The third-order valence-electron chi connectivity index (χ3n) is 9.63. The van der Waals surface area contributed by atoms with Crippen LogP contribution in [0, 0.1) is 0 Å². The number of amides is 2. The molecule has 6 aromatic rings. The van der Waals surface area contributed by atoms with E-state index >= 15 is 0 Å². The highest BCUT2D eigenvalue weighted by molar-refractivity contribution is 6.23. The quantitative estimate of drug-likeness (QED) is 0.173. The van der Waals surface area contributed by atoms with Gasteiger partial charge in [-0.25, -0.2) is 9.97 Å². The van der Waals surface area contributed by atoms with Crippen LogP contribution in [0.2, 0.25) is 0 Å². The van der Waals surface area contributed by atoms with Gasteiger partial charge < -0.3 is 16.4 Å². The first-order chi connectivity index (χ1) is 24.9. The van der Waals surface area contributed by atoms with E-state index < -0.39 is 0 Å². The fourth-order valence-electron chi connectivity index (χ4n) is 7.08. The van der Waals surface area contributed by atoms with E-state index in [2.05, 4.69) is 15.5 Å². The lowest BCUT2D eigenvalue weighted by molar-refractivity contribution is 0.0947. The number of nitrogens with two attached hydrogens (primary N) is 1. The Morgan fingerprint density at radius 1 is 0.569 bits per heavy atom. The highest BCUT2D eigenvalue weighted by atomic mass is 16.2. The molecule has 0 aliphatic heterocycles. The normalized spacial score (nSPS) is 12.6. The van der Waals surface area contributed by atoms with Crippen LogP contribution in [0.1, 0.15) is 59.0 Å². The van der Waals surface area contributed by atoms with Gasteiger partial charge in [0.2, 0.25) is 0 Å². The summed E-state index contributed by atoms with van der Waals surface area (Å²) in [5.41, 5.74) is 12.9. The van der Waals surface area contributed by atoms with Crippen molar-refractivity contribution in [1.82, 2.24) is 25.5 Å². The predicted molar refractivity (Wildman–Crippen MR) is 196 cm³/mol. The lowest BCUT2D eigenvalue weighted by Crippen LogP contribution is -2.40. The second kappa shape index (κ2) is 13.3. The summed E-state index contributed by atoms with van der Waals surface area (Å²) in [5, 5.41) is 7.52. The minimum Gasteiger partial charge on any atom is -0.351 e. The van der Waals surface area contributed by atoms with Crippen molar-refractivity contribution < 1.29 is 19.2 Å². The summed E-state index contributed by atoms with van der Waals surface area (Å²) in [6.07, 6.45) is 0.763. The molecule has 4 aromatic carbocycles. The minimum absolute atomic E-state index is 0.0561. The van der Waals surface area contributed by atoms with Gasteiger partial charge in [-0.3, -0.25) is 24.1 Å². The molecule has 0 spiro atoms. The van der Waals surface area contributed by atoms with Crippen molar-refractivity contribution in [3.05, 3.63) is 130 Å². The zero-order valence-electron chi connectivity index (χ0n) is 27.7. The molecule has 2 heterocycles. The SMILES string of the molecule is NCCCN(CCNC(=O)c1cccc2cc3c(nc12)-c1ccccc1C3=O)CCNC(=O)c1cccc2cc3c(nc12)-c1ccccc1C3=O. The molecular formula is C41H34N6O4. The van der Waals surface area contributed by atoms with Crippen LogP contribution in [0.5, 0.6) is 0 Å². The molecule has 10 heteroatoms. The molecule has 0 radical (unpaired) electrons. The van der Waals surface area contributed by atoms with Crippen molar-refractivity contribution in [1.29, 1.82) is 0 Å². The predicted octanol–water partition coefficient (Wildman–Crippen LogP) is 5.02. The molecule has 8 rings (SSSR count). The average Bonchev–Trinajstić information content (AvgIpc) is 3.60. The molecular weight excluding hydrogens is 640 g/mol. The topological polar surface area (TPSA) is 147 Å². The van der Waals surface area contributed by atoms with Crippen LogP contribution in [-0.4, -0.2) is 77.5 Å². The second-order valence-corrected chi connectivity index (χ2v) is 12.8. The van der Waals surface area contributed by atoms with E-state index in [1.54, 1.807) is 36.4 Å². The molecule has 0 fully saturated rings. The fraction of sp³-hybridized carbons (Fsp3) is 0.171. The van der Waals surface area contributed by atoms with Gasteiger partial charge in [-0.2, -0.15) is 0 Å². The highest BCUT2D eigenvalue weighted by Gasteiger charge is 2.30. The number of nitrogens with one attached hydrogen (secondary N) is 2. The number of fused-ring (bicyclic) bond motifs is 8. The second-order valence-electron chi connectivity index (χ2n) is 12.8. The summed E-state index contributed by atoms with van der Waals surface area (Å²) >= 11 is 0. The van der Waals surface area contributed by atoms with Crippen LogP contribution in [0.3, 0.4) is 0 Å². The maximum absolute atomic E-state index is 13.5. The summed E-state index contributed by atoms with van der Waals surface area (Å²) in [6.45, 7) is 3.06. The Labute approximate surface area is 293 Å². The maximum Gasteiger partial charge on any atom is 0.253 e.